The number of rotatable bonds is 7. The van der Waals surface area contributed by atoms with Crippen LogP contribution in [0, 0.1) is 0 Å². The van der Waals surface area contributed by atoms with E-state index in [1.54, 1.807) is 0 Å². The van der Waals surface area contributed by atoms with Gasteiger partial charge in [-0.2, -0.15) is 11.8 Å². The van der Waals surface area contributed by atoms with Crippen molar-refractivity contribution in [1.29, 1.82) is 0 Å². The quantitative estimate of drug-likeness (QED) is 0.269. The third-order valence-corrected chi connectivity index (χ3v) is 8.32. The first-order valence-corrected chi connectivity index (χ1v) is 13.3. The van der Waals surface area contributed by atoms with Crippen LogP contribution >= 0.6 is 11.8 Å². The fourth-order valence-corrected chi connectivity index (χ4v) is 6.39. The first-order chi connectivity index (χ1) is 16.3. The van der Waals surface area contributed by atoms with Gasteiger partial charge in [0.05, 0.1) is 23.3 Å². The smallest absolute Gasteiger partial charge is 0.208 e. The van der Waals surface area contributed by atoms with Crippen molar-refractivity contribution in [2.75, 3.05) is 18.1 Å². The second kappa shape index (κ2) is 10.8. The minimum atomic E-state index is -0.175. The molecule has 1 atom stereocenters. The molecule has 0 aromatic heterocycles. The fraction of sp³-hybridized carbons (Fsp3) is 0.143. The first-order valence-electron chi connectivity index (χ1n) is 10.9. The SMILES string of the molecule is c1ccc([S+](c2ccccc2)c2ccc(Oc3ccc(OC4CSCCO4)cc3)cc2)cc1. The van der Waals surface area contributed by atoms with Crippen LogP contribution in [0.5, 0.6) is 17.2 Å². The van der Waals surface area contributed by atoms with Gasteiger partial charge in [-0.3, -0.25) is 0 Å². The number of thioether (sulfide) groups is 1. The maximum atomic E-state index is 6.08. The Morgan fingerprint density at radius 3 is 1.70 bits per heavy atom. The Hall–Kier alpha value is -2.86. The Labute approximate surface area is 202 Å². The minimum Gasteiger partial charge on any atom is -0.464 e. The van der Waals surface area contributed by atoms with Crippen molar-refractivity contribution in [3.05, 3.63) is 109 Å². The summed E-state index contributed by atoms with van der Waals surface area (Å²) in [4.78, 5) is 3.86. The summed E-state index contributed by atoms with van der Waals surface area (Å²) in [7, 11) is -0.162. The molecule has 0 bridgehead atoms. The number of hydrogen-bond donors (Lipinski definition) is 0. The van der Waals surface area contributed by atoms with E-state index >= 15 is 0 Å². The van der Waals surface area contributed by atoms with Gasteiger partial charge in [0.25, 0.3) is 0 Å². The molecule has 1 fully saturated rings. The Balaban J connectivity index is 1.29. The predicted octanol–water partition coefficient (Wildman–Crippen LogP) is 7.04. The number of ether oxygens (including phenoxy) is 3. The van der Waals surface area contributed by atoms with Crippen molar-refractivity contribution in [3.63, 3.8) is 0 Å². The van der Waals surface area contributed by atoms with Crippen LogP contribution in [0.15, 0.2) is 124 Å². The lowest BCUT2D eigenvalue weighted by Gasteiger charge is -2.23. The molecule has 1 saturated heterocycles. The normalized spacial score (nSPS) is 15.8. The van der Waals surface area contributed by atoms with Gasteiger partial charge in [0.1, 0.15) is 17.2 Å². The summed E-state index contributed by atoms with van der Waals surface area (Å²) in [6.45, 7) is 0.739. The van der Waals surface area contributed by atoms with Gasteiger partial charge in [-0.05, 0) is 72.8 Å². The average molecular weight is 474 g/mol. The number of hydrogen-bond acceptors (Lipinski definition) is 4. The molecule has 4 aromatic carbocycles. The molecule has 0 amide bonds. The summed E-state index contributed by atoms with van der Waals surface area (Å²) >= 11 is 1.85. The molecule has 5 heteroatoms. The molecule has 5 rings (SSSR count). The lowest BCUT2D eigenvalue weighted by atomic mass is 10.3. The molecule has 0 aliphatic carbocycles. The van der Waals surface area contributed by atoms with E-state index in [-0.39, 0.29) is 17.2 Å². The second-order valence-corrected chi connectivity index (χ2v) is 10.6. The summed E-state index contributed by atoms with van der Waals surface area (Å²) in [6, 6.07) is 37.4. The largest absolute Gasteiger partial charge is 0.464 e. The molecule has 0 spiro atoms. The zero-order valence-electron chi connectivity index (χ0n) is 18.1. The van der Waals surface area contributed by atoms with Gasteiger partial charge in [-0.15, -0.1) is 0 Å². The van der Waals surface area contributed by atoms with Gasteiger partial charge in [-0.25, -0.2) is 0 Å². The zero-order valence-corrected chi connectivity index (χ0v) is 19.8. The average Bonchev–Trinajstić information content (AvgIpc) is 2.88. The summed E-state index contributed by atoms with van der Waals surface area (Å²) in [5.41, 5.74) is 0. The van der Waals surface area contributed by atoms with Gasteiger partial charge in [0, 0.05) is 5.75 Å². The Morgan fingerprint density at radius 1 is 0.636 bits per heavy atom. The maximum absolute atomic E-state index is 6.08. The van der Waals surface area contributed by atoms with E-state index in [1.165, 1.54) is 14.7 Å². The van der Waals surface area contributed by atoms with Gasteiger partial charge in [0.15, 0.2) is 14.7 Å². The van der Waals surface area contributed by atoms with Crippen LogP contribution in [-0.2, 0) is 15.6 Å². The third-order valence-electron chi connectivity index (χ3n) is 5.13. The molecule has 33 heavy (non-hydrogen) atoms. The molecule has 0 N–H and O–H groups in total. The van der Waals surface area contributed by atoms with Crippen molar-refractivity contribution in [1.82, 2.24) is 0 Å². The Morgan fingerprint density at radius 2 is 1.15 bits per heavy atom. The highest BCUT2D eigenvalue weighted by atomic mass is 32.2. The molecular weight excluding hydrogens is 448 g/mol. The van der Waals surface area contributed by atoms with E-state index in [0.717, 1.165) is 35.4 Å². The van der Waals surface area contributed by atoms with Crippen molar-refractivity contribution in [3.8, 4) is 17.2 Å². The molecule has 1 heterocycles. The van der Waals surface area contributed by atoms with Crippen molar-refractivity contribution < 1.29 is 14.2 Å². The van der Waals surface area contributed by atoms with E-state index < -0.39 is 0 Å². The highest BCUT2D eigenvalue weighted by molar-refractivity contribution is 7.99. The molecule has 1 aliphatic rings. The molecule has 4 aromatic rings. The zero-order chi connectivity index (χ0) is 22.3. The van der Waals surface area contributed by atoms with Crippen LogP contribution in [0.2, 0.25) is 0 Å². The monoisotopic (exact) mass is 473 g/mol. The Bertz CT molecular complexity index is 1090. The van der Waals surface area contributed by atoms with E-state index in [9.17, 15) is 0 Å². The van der Waals surface area contributed by atoms with Gasteiger partial charge in [0.2, 0.25) is 6.29 Å². The summed E-state index contributed by atoms with van der Waals surface area (Å²) < 4.78 is 17.6. The van der Waals surface area contributed by atoms with E-state index in [0.29, 0.717) is 0 Å². The van der Waals surface area contributed by atoms with Crippen molar-refractivity contribution in [2.24, 2.45) is 0 Å². The minimum absolute atomic E-state index is 0.162. The third kappa shape index (κ3) is 5.74. The number of benzene rings is 4. The summed E-state index contributed by atoms with van der Waals surface area (Å²) in [5, 5.41) is 0. The lowest BCUT2D eigenvalue weighted by Crippen LogP contribution is -2.28. The van der Waals surface area contributed by atoms with E-state index in [2.05, 4.69) is 72.8 Å². The second-order valence-electron chi connectivity index (χ2n) is 7.47. The fourth-order valence-electron chi connectivity index (χ4n) is 3.57. The lowest BCUT2D eigenvalue weighted by molar-refractivity contribution is -0.0611. The first kappa shape index (κ1) is 22.0. The summed E-state index contributed by atoms with van der Waals surface area (Å²) in [5.74, 6) is 4.27. The highest BCUT2D eigenvalue weighted by Gasteiger charge is 2.28. The van der Waals surface area contributed by atoms with Gasteiger partial charge >= 0.3 is 0 Å². The molecule has 1 unspecified atom stereocenters. The van der Waals surface area contributed by atoms with Crippen LogP contribution < -0.4 is 9.47 Å². The topological polar surface area (TPSA) is 27.7 Å². The van der Waals surface area contributed by atoms with Crippen molar-refractivity contribution in [2.45, 2.75) is 21.0 Å². The molecular formula is C28H25O3S2+. The van der Waals surface area contributed by atoms with Crippen molar-refractivity contribution >= 4 is 22.7 Å². The standard InChI is InChI=1S/C28H25O3S2/c1-3-7-25(8-4-1)33(26-9-5-2-6-10-26)27-17-15-23(16-18-27)30-22-11-13-24(14-12-22)31-28-21-32-20-19-29-28/h1-18,28H,19-21H2/q+1. The van der Waals surface area contributed by atoms with Crippen LogP contribution in [0.4, 0.5) is 0 Å². The molecule has 3 nitrogen and oxygen atoms in total. The molecule has 1 aliphatic heterocycles. The molecule has 0 radical (unpaired) electrons. The van der Waals surface area contributed by atoms with Gasteiger partial charge in [-0.1, -0.05) is 36.4 Å². The van der Waals surface area contributed by atoms with Crippen LogP contribution in [-0.4, -0.2) is 24.4 Å². The van der Waals surface area contributed by atoms with Crippen LogP contribution in [0.25, 0.3) is 0 Å². The van der Waals surface area contributed by atoms with E-state index in [4.69, 9.17) is 14.2 Å². The van der Waals surface area contributed by atoms with Crippen LogP contribution in [0.3, 0.4) is 0 Å². The van der Waals surface area contributed by atoms with E-state index in [1.807, 2.05) is 48.2 Å². The van der Waals surface area contributed by atoms with Crippen LogP contribution in [0.1, 0.15) is 0 Å². The molecule has 166 valence electrons. The highest BCUT2D eigenvalue weighted by Crippen LogP contribution is 2.33. The molecule has 0 saturated carbocycles. The Kier molecular flexibility index (Phi) is 7.21. The van der Waals surface area contributed by atoms with Gasteiger partial charge < -0.3 is 14.2 Å². The maximum Gasteiger partial charge on any atom is 0.208 e. The summed E-state index contributed by atoms with van der Waals surface area (Å²) in [6.07, 6.45) is -0.175. The predicted molar refractivity (Wildman–Crippen MR) is 136 cm³/mol.